The van der Waals surface area contributed by atoms with E-state index in [0.717, 1.165) is 11.1 Å². The number of esters is 1. The first-order valence-corrected chi connectivity index (χ1v) is 6.11. The van der Waals surface area contributed by atoms with Gasteiger partial charge in [0.2, 0.25) is 0 Å². The summed E-state index contributed by atoms with van der Waals surface area (Å²) in [5.41, 5.74) is 3.49. The predicted octanol–water partition coefficient (Wildman–Crippen LogP) is 4.14. The third kappa shape index (κ3) is 3.10. The Hall–Kier alpha value is -2.35. The highest BCUT2D eigenvalue weighted by atomic mass is 16.5. The molecule has 0 atom stereocenters. The Morgan fingerprint density at radius 1 is 1.11 bits per heavy atom. The Morgan fingerprint density at radius 2 is 1.84 bits per heavy atom. The van der Waals surface area contributed by atoms with E-state index in [2.05, 4.69) is 12.6 Å². The molecule has 0 aliphatic rings. The molecular formula is C17H16O2. The summed E-state index contributed by atoms with van der Waals surface area (Å²) in [6.45, 7) is 7.26. The quantitative estimate of drug-likeness (QED) is 0.466. The van der Waals surface area contributed by atoms with Crippen LogP contribution in [0.4, 0.5) is 0 Å². The molecule has 2 aromatic rings. The van der Waals surface area contributed by atoms with Crippen molar-refractivity contribution in [2.75, 3.05) is 0 Å². The number of rotatable bonds is 3. The Labute approximate surface area is 113 Å². The molecule has 0 bridgehead atoms. The van der Waals surface area contributed by atoms with Crippen molar-refractivity contribution in [1.82, 2.24) is 0 Å². The van der Waals surface area contributed by atoms with E-state index in [1.165, 1.54) is 5.56 Å². The maximum absolute atomic E-state index is 11.6. The largest absolute Gasteiger partial charge is 0.423 e. The van der Waals surface area contributed by atoms with Crippen molar-refractivity contribution in [2.24, 2.45) is 0 Å². The lowest BCUT2D eigenvalue weighted by atomic mass is 10.0. The van der Waals surface area contributed by atoms with E-state index < -0.39 is 5.97 Å². The zero-order valence-electron chi connectivity index (χ0n) is 11.1. The van der Waals surface area contributed by atoms with Gasteiger partial charge in [0.15, 0.2) is 0 Å². The van der Waals surface area contributed by atoms with Gasteiger partial charge in [-0.1, -0.05) is 54.6 Å². The van der Waals surface area contributed by atoms with Gasteiger partial charge in [0.05, 0.1) is 0 Å². The molecule has 2 heteroatoms. The minimum absolute atomic E-state index is 0.388. The van der Waals surface area contributed by atoms with Crippen LogP contribution in [0, 0.1) is 6.92 Å². The van der Waals surface area contributed by atoms with Gasteiger partial charge in [-0.25, -0.2) is 4.79 Å². The maximum atomic E-state index is 11.6. The zero-order chi connectivity index (χ0) is 13.8. The monoisotopic (exact) mass is 252 g/mol. The average molecular weight is 252 g/mol. The van der Waals surface area contributed by atoms with Crippen LogP contribution < -0.4 is 4.74 Å². The molecule has 96 valence electrons. The number of carbonyl (C=O) groups excluding carboxylic acids is 1. The van der Waals surface area contributed by atoms with Gasteiger partial charge in [0.1, 0.15) is 5.75 Å². The Balaban J connectivity index is 2.41. The number of hydrogen-bond donors (Lipinski definition) is 0. The number of ether oxygens (including phenoxy) is 1. The second-order valence-corrected chi connectivity index (χ2v) is 4.54. The van der Waals surface area contributed by atoms with Crippen molar-refractivity contribution < 1.29 is 9.53 Å². The van der Waals surface area contributed by atoms with E-state index in [-0.39, 0.29) is 0 Å². The van der Waals surface area contributed by atoms with Crippen LogP contribution in [0.15, 0.2) is 60.7 Å². The first-order chi connectivity index (χ1) is 9.08. The number of carbonyl (C=O) groups is 1. The highest BCUT2D eigenvalue weighted by Crippen LogP contribution is 2.30. The van der Waals surface area contributed by atoms with E-state index in [1.807, 2.05) is 43.3 Å². The Bertz CT molecular complexity index is 627. The molecule has 0 N–H and O–H groups in total. The van der Waals surface area contributed by atoms with Crippen LogP contribution in [0.2, 0.25) is 0 Å². The first-order valence-electron chi connectivity index (χ1n) is 6.11. The number of hydrogen-bond acceptors (Lipinski definition) is 2. The van der Waals surface area contributed by atoms with Crippen molar-refractivity contribution in [3.63, 3.8) is 0 Å². The van der Waals surface area contributed by atoms with Crippen LogP contribution in [0.5, 0.6) is 5.75 Å². The second kappa shape index (κ2) is 5.53. The summed E-state index contributed by atoms with van der Waals surface area (Å²) >= 11 is 0. The van der Waals surface area contributed by atoms with E-state index in [1.54, 1.807) is 13.0 Å². The summed E-state index contributed by atoms with van der Waals surface area (Å²) in [6.07, 6.45) is 0. The maximum Gasteiger partial charge on any atom is 0.338 e. The summed E-state index contributed by atoms with van der Waals surface area (Å²) in [7, 11) is 0. The average Bonchev–Trinajstić information content (AvgIpc) is 2.39. The standard InChI is InChI=1S/C17H16O2/c1-12(2)17(18)19-16-10-5-4-9-15(16)14-8-6-7-13(3)11-14/h4-11H,1H2,2-3H3. The normalized spacial score (nSPS) is 10.0. The van der Waals surface area contributed by atoms with Crippen molar-refractivity contribution in [3.05, 3.63) is 66.2 Å². The first kappa shape index (κ1) is 13.1. The molecule has 0 amide bonds. The molecule has 0 aromatic heterocycles. The number of benzene rings is 2. The van der Waals surface area contributed by atoms with Gasteiger partial charge in [-0.05, 0) is 25.5 Å². The fourth-order valence-electron chi connectivity index (χ4n) is 1.79. The van der Waals surface area contributed by atoms with Gasteiger partial charge in [-0.15, -0.1) is 0 Å². The summed E-state index contributed by atoms with van der Waals surface area (Å²) in [4.78, 5) is 11.6. The molecule has 0 radical (unpaired) electrons. The van der Waals surface area contributed by atoms with E-state index in [4.69, 9.17) is 4.74 Å². The SMILES string of the molecule is C=C(C)C(=O)Oc1ccccc1-c1cccc(C)c1. The lowest BCUT2D eigenvalue weighted by molar-refractivity contribution is -0.130. The molecule has 19 heavy (non-hydrogen) atoms. The van der Waals surface area contributed by atoms with Gasteiger partial charge in [0, 0.05) is 11.1 Å². The molecule has 2 rings (SSSR count). The van der Waals surface area contributed by atoms with Crippen molar-refractivity contribution in [1.29, 1.82) is 0 Å². The zero-order valence-corrected chi connectivity index (χ0v) is 11.1. The smallest absolute Gasteiger partial charge is 0.338 e. The summed E-state index contributed by atoms with van der Waals surface area (Å²) in [5, 5.41) is 0. The molecule has 0 aliphatic heterocycles. The van der Waals surface area contributed by atoms with Gasteiger partial charge < -0.3 is 4.74 Å². The second-order valence-electron chi connectivity index (χ2n) is 4.54. The minimum Gasteiger partial charge on any atom is -0.423 e. The topological polar surface area (TPSA) is 26.3 Å². The number of aryl methyl sites for hydroxylation is 1. The highest BCUT2D eigenvalue weighted by molar-refractivity contribution is 5.90. The van der Waals surface area contributed by atoms with Crippen LogP contribution >= 0.6 is 0 Å². The lowest BCUT2D eigenvalue weighted by Gasteiger charge is -2.10. The minimum atomic E-state index is -0.403. The van der Waals surface area contributed by atoms with Crippen molar-refractivity contribution in [2.45, 2.75) is 13.8 Å². The van der Waals surface area contributed by atoms with Crippen molar-refractivity contribution >= 4 is 5.97 Å². The van der Waals surface area contributed by atoms with Crippen molar-refractivity contribution in [3.8, 4) is 16.9 Å². The lowest BCUT2D eigenvalue weighted by Crippen LogP contribution is -2.08. The van der Waals surface area contributed by atoms with Crippen LogP contribution in [-0.4, -0.2) is 5.97 Å². The molecule has 2 aromatic carbocycles. The van der Waals surface area contributed by atoms with Gasteiger partial charge in [0.25, 0.3) is 0 Å². The molecule has 0 fully saturated rings. The third-order valence-corrected chi connectivity index (χ3v) is 2.77. The number of para-hydroxylation sites is 1. The molecule has 0 aliphatic carbocycles. The Morgan fingerprint density at radius 3 is 2.53 bits per heavy atom. The summed E-state index contributed by atoms with van der Waals surface area (Å²) in [6, 6.07) is 15.6. The van der Waals surface area contributed by atoms with Gasteiger partial charge in [-0.2, -0.15) is 0 Å². The Kier molecular flexibility index (Phi) is 3.81. The van der Waals surface area contributed by atoms with Crippen LogP contribution in [0.3, 0.4) is 0 Å². The van der Waals surface area contributed by atoms with E-state index >= 15 is 0 Å². The fourth-order valence-corrected chi connectivity index (χ4v) is 1.79. The van der Waals surface area contributed by atoms with Gasteiger partial charge >= 0.3 is 5.97 Å². The molecule has 0 saturated heterocycles. The molecule has 0 heterocycles. The summed E-state index contributed by atoms with van der Waals surface area (Å²) in [5.74, 6) is 0.154. The van der Waals surface area contributed by atoms with Gasteiger partial charge in [-0.3, -0.25) is 0 Å². The summed E-state index contributed by atoms with van der Waals surface area (Å²) < 4.78 is 5.36. The highest BCUT2D eigenvalue weighted by Gasteiger charge is 2.10. The molecule has 0 unspecified atom stereocenters. The molecule has 0 spiro atoms. The van der Waals surface area contributed by atoms with Crippen LogP contribution in [0.25, 0.3) is 11.1 Å². The van der Waals surface area contributed by atoms with E-state index in [9.17, 15) is 4.79 Å². The van der Waals surface area contributed by atoms with E-state index in [0.29, 0.717) is 11.3 Å². The van der Waals surface area contributed by atoms with Crippen LogP contribution in [-0.2, 0) is 4.79 Å². The fraction of sp³-hybridized carbons (Fsp3) is 0.118. The third-order valence-electron chi connectivity index (χ3n) is 2.77. The predicted molar refractivity (Wildman–Crippen MR) is 77.1 cm³/mol. The molecule has 2 nitrogen and oxygen atoms in total. The van der Waals surface area contributed by atoms with Crippen LogP contribution in [0.1, 0.15) is 12.5 Å². The molecule has 0 saturated carbocycles. The molecular weight excluding hydrogens is 236 g/mol.